The van der Waals surface area contributed by atoms with Gasteiger partial charge in [0, 0.05) is 18.8 Å². The minimum atomic E-state index is -0.232. The van der Waals surface area contributed by atoms with Gasteiger partial charge in [-0.3, -0.25) is 9.48 Å². The maximum absolute atomic E-state index is 12.3. The third-order valence-electron chi connectivity index (χ3n) is 3.54. The first-order valence-electron chi connectivity index (χ1n) is 8.10. The molecule has 132 valence electrons. The van der Waals surface area contributed by atoms with Crippen LogP contribution in [-0.4, -0.2) is 27.4 Å². The highest BCUT2D eigenvalue weighted by Crippen LogP contribution is 2.15. The van der Waals surface area contributed by atoms with Crippen LogP contribution in [0.5, 0.6) is 0 Å². The molecule has 1 aromatic carbocycles. The van der Waals surface area contributed by atoms with Gasteiger partial charge in [-0.15, -0.1) is 17.5 Å². The second-order valence-corrected chi connectivity index (χ2v) is 5.94. The number of aromatic nitrogens is 3. The lowest BCUT2D eigenvalue weighted by atomic mass is 10.1. The Kier molecular flexibility index (Phi) is 8.43. The van der Waals surface area contributed by atoms with Crippen LogP contribution in [0.4, 0.5) is 5.69 Å². The first-order valence-corrected chi connectivity index (χ1v) is 8.10. The quantitative estimate of drug-likeness (QED) is 0.766. The lowest BCUT2D eigenvalue weighted by molar-refractivity contribution is 0.102. The Hall–Kier alpha value is -1.92. The molecule has 0 spiro atoms. The number of carbonyl (C=O) groups is 1. The van der Waals surface area contributed by atoms with E-state index in [-0.39, 0.29) is 18.3 Å². The number of hydrogen-bond donors (Lipinski definition) is 2. The summed E-state index contributed by atoms with van der Waals surface area (Å²) >= 11 is 0. The van der Waals surface area contributed by atoms with E-state index in [2.05, 4.69) is 41.7 Å². The van der Waals surface area contributed by atoms with Crippen LogP contribution in [0.1, 0.15) is 43.2 Å². The number of nitrogens with zero attached hydrogens (tertiary/aromatic N) is 3. The predicted molar refractivity (Wildman–Crippen MR) is 98.5 cm³/mol. The molecular weight excluding hydrogens is 326 g/mol. The summed E-state index contributed by atoms with van der Waals surface area (Å²) in [6.45, 7) is 8.74. The van der Waals surface area contributed by atoms with Crippen LogP contribution in [0.15, 0.2) is 30.5 Å². The molecule has 1 aromatic heterocycles. The summed E-state index contributed by atoms with van der Waals surface area (Å²) in [7, 11) is 0. The second kappa shape index (κ2) is 10.1. The number of para-hydroxylation sites is 1. The molecule has 0 bridgehead atoms. The Morgan fingerprint density at radius 3 is 2.75 bits per heavy atom. The number of rotatable bonds is 8. The number of halogens is 1. The molecule has 24 heavy (non-hydrogen) atoms. The van der Waals surface area contributed by atoms with Crippen molar-refractivity contribution in [2.24, 2.45) is 5.92 Å². The molecule has 2 N–H and O–H groups in total. The van der Waals surface area contributed by atoms with E-state index in [0.29, 0.717) is 18.2 Å². The molecule has 0 saturated heterocycles. The molecule has 0 saturated carbocycles. The van der Waals surface area contributed by atoms with Crippen molar-refractivity contribution in [1.82, 2.24) is 20.3 Å². The number of anilines is 1. The lowest BCUT2D eigenvalue weighted by Gasteiger charge is -2.10. The van der Waals surface area contributed by atoms with Gasteiger partial charge in [0.25, 0.3) is 5.91 Å². The summed E-state index contributed by atoms with van der Waals surface area (Å²) in [5.41, 5.74) is 2.19. The van der Waals surface area contributed by atoms with Gasteiger partial charge >= 0.3 is 0 Å². The zero-order valence-electron chi connectivity index (χ0n) is 14.5. The van der Waals surface area contributed by atoms with Crippen molar-refractivity contribution in [2.75, 3.05) is 11.9 Å². The molecule has 2 aromatic rings. The highest BCUT2D eigenvalue weighted by Gasteiger charge is 2.13. The monoisotopic (exact) mass is 351 g/mol. The van der Waals surface area contributed by atoms with Crippen LogP contribution in [-0.2, 0) is 13.1 Å². The molecule has 0 unspecified atom stereocenters. The fourth-order valence-corrected chi connectivity index (χ4v) is 2.14. The topological polar surface area (TPSA) is 71.8 Å². The van der Waals surface area contributed by atoms with E-state index in [1.807, 2.05) is 24.3 Å². The fraction of sp³-hybridized carbons (Fsp3) is 0.471. The summed E-state index contributed by atoms with van der Waals surface area (Å²) in [6, 6.07) is 7.76. The minimum Gasteiger partial charge on any atom is -0.320 e. The summed E-state index contributed by atoms with van der Waals surface area (Å²) in [6.07, 6.45) is 2.71. The van der Waals surface area contributed by atoms with E-state index in [0.717, 1.165) is 30.8 Å². The van der Waals surface area contributed by atoms with Gasteiger partial charge in [0.1, 0.15) is 0 Å². The zero-order valence-corrected chi connectivity index (χ0v) is 15.3. The van der Waals surface area contributed by atoms with E-state index in [1.54, 1.807) is 10.9 Å². The molecule has 0 aliphatic rings. The van der Waals surface area contributed by atoms with Gasteiger partial charge in [0.05, 0.1) is 6.20 Å². The van der Waals surface area contributed by atoms with Crippen molar-refractivity contribution in [2.45, 2.75) is 40.3 Å². The number of nitrogens with one attached hydrogen (secondary N) is 2. The highest BCUT2D eigenvalue weighted by atomic mass is 35.5. The Balaban J connectivity index is 0.00000288. The van der Waals surface area contributed by atoms with E-state index >= 15 is 0 Å². The summed E-state index contributed by atoms with van der Waals surface area (Å²) < 4.78 is 1.72. The largest absolute Gasteiger partial charge is 0.320 e. The van der Waals surface area contributed by atoms with Crippen molar-refractivity contribution in [3.63, 3.8) is 0 Å². The smallest absolute Gasteiger partial charge is 0.277 e. The summed E-state index contributed by atoms with van der Waals surface area (Å²) in [4.78, 5) is 12.3. The van der Waals surface area contributed by atoms with Gasteiger partial charge in [0.15, 0.2) is 5.69 Å². The first kappa shape index (κ1) is 20.1. The van der Waals surface area contributed by atoms with Gasteiger partial charge in [-0.05, 0) is 30.5 Å². The third kappa shape index (κ3) is 5.94. The van der Waals surface area contributed by atoms with Crippen LogP contribution < -0.4 is 10.6 Å². The summed E-state index contributed by atoms with van der Waals surface area (Å²) in [5, 5.41) is 14.2. The number of carbonyl (C=O) groups excluding carboxylic acids is 1. The molecule has 1 heterocycles. The number of aryl methyl sites for hydroxylation is 1. The van der Waals surface area contributed by atoms with Crippen LogP contribution in [0.3, 0.4) is 0 Å². The number of amides is 1. The molecule has 0 fully saturated rings. The average molecular weight is 352 g/mol. The molecule has 0 radical (unpaired) electrons. The van der Waals surface area contributed by atoms with Gasteiger partial charge in [-0.25, -0.2) is 0 Å². The van der Waals surface area contributed by atoms with Crippen molar-refractivity contribution in [1.29, 1.82) is 0 Å². The van der Waals surface area contributed by atoms with E-state index in [9.17, 15) is 4.79 Å². The third-order valence-corrected chi connectivity index (χ3v) is 3.54. The molecule has 0 aliphatic carbocycles. The summed E-state index contributed by atoms with van der Waals surface area (Å²) in [5.74, 6) is 0.360. The van der Waals surface area contributed by atoms with Crippen molar-refractivity contribution in [3.8, 4) is 0 Å². The van der Waals surface area contributed by atoms with E-state index in [1.165, 1.54) is 0 Å². The number of benzene rings is 1. The maximum Gasteiger partial charge on any atom is 0.277 e. The van der Waals surface area contributed by atoms with Crippen molar-refractivity contribution in [3.05, 3.63) is 41.7 Å². The van der Waals surface area contributed by atoms with Gasteiger partial charge < -0.3 is 10.6 Å². The standard InChI is InChI=1S/C17H25N5O.ClH/c1-4-18-11-14-7-5-6-8-15(14)19-17(23)16-12-22(21-20-16)10-9-13(2)3;/h5-8,12-13,18H,4,9-11H2,1-3H3,(H,19,23);1H. The normalized spacial score (nSPS) is 10.5. The Bertz CT molecular complexity index is 641. The van der Waals surface area contributed by atoms with Crippen LogP contribution in [0, 0.1) is 5.92 Å². The molecule has 0 atom stereocenters. The SMILES string of the molecule is CCNCc1ccccc1NC(=O)c1cn(CCC(C)C)nn1.Cl. The van der Waals surface area contributed by atoms with Crippen molar-refractivity contribution < 1.29 is 4.79 Å². The minimum absolute atomic E-state index is 0. The molecule has 6 nitrogen and oxygen atoms in total. The van der Waals surface area contributed by atoms with Crippen molar-refractivity contribution >= 4 is 24.0 Å². The van der Waals surface area contributed by atoms with Gasteiger partial charge in [-0.1, -0.05) is 44.2 Å². The second-order valence-electron chi connectivity index (χ2n) is 5.94. The Labute approximate surface area is 149 Å². The molecule has 7 heteroatoms. The molecule has 1 amide bonds. The van der Waals surface area contributed by atoms with Crippen LogP contribution in [0.25, 0.3) is 0 Å². The predicted octanol–water partition coefficient (Wildman–Crippen LogP) is 3.11. The Morgan fingerprint density at radius 2 is 2.04 bits per heavy atom. The molecule has 0 aliphatic heterocycles. The van der Waals surface area contributed by atoms with Gasteiger partial charge in [-0.2, -0.15) is 0 Å². The van der Waals surface area contributed by atoms with Gasteiger partial charge in [0.2, 0.25) is 0 Å². The van der Waals surface area contributed by atoms with E-state index < -0.39 is 0 Å². The molecular formula is C17H26ClN5O. The van der Waals surface area contributed by atoms with Crippen LogP contribution >= 0.6 is 12.4 Å². The van der Waals surface area contributed by atoms with Crippen LogP contribution in [0.2, 0.25) is 0 Å². The number of hydrogen-bond acceptors (Lipinski definition) is 4. The lowest BCUT2D eigenvalue weighted by Crippen LogP contribution is -2.17. The fourth-order valence-electron chi connectivity index (χ4n) is 2.14. The van der Waals surface area contributed by atoms with E-state index in [4.69, 9.17) is 0 Å². The molecule has 2 rings (SSSR count). The maximum atomic E-state index is 12.3. The zero-order chi connectivity index (χ0) is 16.7. The first-order chi connectivity index (χ1) is 11.1. The average Bonchev–Trinajstić information content (AvgIpc) is 3.01. The Morgan fingerprint density at radius 1 is 1.29 bits per heavy atom. The highest BCUT2D eigenvalue weighted by molar-refractivity contribution is 6.03.